The standard InChI is InChI=1S/C21H14N4O/c26-12-13-7-20-10-18-4-3-16(23-18)8-14-1-2-15(22-14)9-17-5-6-19(24-17)11-21(13)25-20/h1-11,26H,12H2/i7D. The summed E-state index contributed by atoms with van der Waals surface area (Å²) in [6, 6.07) is 0.210. The number of aliphatic imine (C=N–C) groups is 4. The number of fused-ring (bicyclic) bond motifs is 4. The third-order valence-corrected chi connectivity index (χ3v) is 4.20. The second-order valence-corrected chi connectivity index (χ2v) is 6.11. The van der Waals surface area contributed by atoms with Gasteiger partial charge >= 0.3 is 0 Å². The van der Waals surface area contributed by atoms with E-state index in [0.29, 0.717) is 22.7 Å². The van der Waals surface area contributed by atoms with Crippen molar-refractivity contribution in [3.63, 3.8) is 0 Å². The number of hydrogen-bond acceptors (Lipinski definition) is 5. The SMILES string of the molecule is [2H]C1=C(CO)C2=CC3=NC(=CC4=NC(=CC5=NC(=CC1=N2)C=C5)C=C4)C=C3. The molecule has 0 spiro atoms. The van der Waals surface area contributed by atoms with Gasteiger partial charge in [0.15, 0.2) is 0 Å². The van der Waals surface area contributed by atoms with E-state index in [1.165, 1.54) is 0 Å². The maximum Gasteiger partial charge on any atom is 0.0714 e. The molecule has 5 aliphatic heterocycles. The van der Waals surface area contributed by atoms with Crippen LogP contribution in [0.5, 0.6) is 0 Å². The van der Waals surface area contributed by atoms with Crippen LogP contribution < -0.4 is 0 Å². The van der Waals surface area contributed by atoms with Crippen LogP contribution in [0.25, 0.3) is 0 Å². The molecule has 0 radical (unpaired) electrons. The summed E-state index contributed by atoms with van der Waals surface area (Å²) >= 11 is 0. The van der Waals surface area contributed by atoms with Gasteiger partial charge in [-0.25, -0.2) is 20.0 Å². The summed E-state index contributed by atoms with van der Waals surface area (Å²) in [5.41, 5.74) is 6.19. The van der Waals surface area contributed by atoms with Crippen LogP contribution in [0.15, 0.2) is 115 Å². The molecule has 0 aromatic rings. The van der Waals surface area contributed by atoms with Crippen molar-refractivity contribution in [2.24, 2.45) is 20.0 Å². The monoisotopic (exact) mass is 339 g/mol. The third kappa shape index (κ3) is 2.74. The number of nitrogens with zero attached hydrogens (tertiary/aromatic N) is 4. The van der Waals surface area contributed by atoms with E-state index in [4.69, 9.17) is 1.37 Å². The summed E-state index contributed by atoms with van der Waals surface area (Å²) in [6.45, 7) is -0.251. The first-order chi connectivity index (χ1) is 13.2. The Hall–Kier alpha value is -3.44. The van der Waals surface area contributed by atoms with Crippen LogP contribution in [0.3, 0.4) is 0 Å². The zero-order valence-corrected chi connectivity index (χ0v) is 13.7. The molecule has 0 amide bonds. The Morgan fingerprint density at radius 2 is 1.15 bits per heavy atom. The molecule has 0 fully saturated rings. The van der Waals surface area contributed by atoms with Crippen molar-refractivity contribution in [3.05, 3.63) is 95.2 Å². The fraction of sp³-hybridized carbons (Fsp3) is 0.0476. The minimum absolute atomic E-state index is 0.210. The summed E-state index contributed by atoms with van der Waals surface area (Å²) in [5.74, 6) is 0. The summed E-state index contributed by atoms with van der Waals surface area (Å²) in [7, 11) is 0. The number of aliphatic hydroxyl groups excluding tert-OH is 1. The molecule has 124 valence electrons. The molecule has 1 N–H and O–H groups in total. The van der Waals surface area contributed by atoms with Crippen molar-refractivity contribution < 1.29 is 6.48 Å². The van der Waals surface area contributed by atoms with Gasteiger partial charge in [0.1, 0.15) is 0 Å². The maximum absolute atomic E-state index is 9.70. The van der Waals surface area contributed by atoms with Gasteiger partial charge in [0.05, 0.1) is 53.6 Å². The Morgan fingerprint density at radius 1 is 0.654 bits per heavy atom. The predicted octanol–water partition coefficient (Wildman–Crippen LogP) is 2.94. The molecule has 0 aromatic heterocycles. The molecule has 5 heterocycles. The highest BCUT2D eigenvalue weighted by Gasteiger charge is 2.16. The van der Waals surface area contributed by atoms with E-state index in [2.05, 4.69) is 20.0 Å². The largest absolute Gasteiger partial charge is 0.392 e. The average Bonchev–Trinajstić information content (AvgIpc) is 3.41. The summed E-state index contributed by atoms with van der Waals surface area (Å²) in [6.07, 6.45) is 18.8. The molecule has 5 nitrogen and oxygen atoms in total. The Balaban J connectivity index is 1.68. The molecule has 5 aliphatic rings. The molecular formula is C21H14N4O. The van der Waals surface area contributed by atoms with Crippen LogP contribution >= 0.6 is 0 Å². The average molecular weight is 339 g/mol. The molecule has 0 saturated heterocycles. The predicted molar refractivity (Wildman–Crippen MR) is 105 cm³/mol. The molecule has 26 heavy (non-hydrogen) atoms. The quantitative estimate of drug-likeness (QED) is 0.784. The first-order valence-electron chi connectivity index (χ1n) is 8.75. The van der Waals surface area contributed by atoms with Crippen molar-refractivity contribution >= 4 is 22.8 Å². The smallest absolute Gasteiger partial charge is 0.0714 e. The molecular weight excluding hydrogens is 324 g/mol. The minimum atomic E-state index is -0.251. The molecule has 0 aliphatic carbocycles. The van der Waals surface area contributed by atoms with Crippen LogP contribution in [0.4, 0.5) is 0 Å². The summed E-state index contributed by atoms with van der Waals surface area (Å²) in [4.78, 5) is 18.2. The number of allylic oxidation sites excluding steroid dienone is 11. The van der Waals surface area contributed by atoms with Gasteiger partial charge in [-0.3, -0.25) is 0 Å². The molecule has 5 rings (SSSR count). The van der Waals surface area contributed by atoms with E-state index in [-0.39, 0.29) is 12.7 Å². The molecule has 0 saturated carbocycles. The summed E-state index contributed by atoms with van der Waals surface area (Å²) < 4.78 is 8.32. The second kappa shape index (κ2) is 5.82. The van der Waals surface area contributed by atoms with E-state index in [9.17, 15) is 5.11 Å². The van der Waals surface area contributed by atoms with Gasteiger partial charge in [0.25, 0.3) is 0 Å². The van der Waals surface area contributed by atoms with Gasteiger partial charge in [-0.2, -0.15) is 0 Å². The zero-order valence-electron chi connectivity index (χ0n) is 14.7. The fourth-order valence-electron chi connectivity index (χ4n) is 3.00. The number of rotatable bonds is 1. The van der Waals surface area contributed by atoms with E-state index in [1.807, 2.05) is 48.6 Å². The molecule has 8 bridgehead atoms. The van der Waals surface area contributed by atoms with Gasteiger partial charge in [-0.15, -0.1) is 0 Å². The van der Waals surface area contributed by atoms with Gasteiger partial charge in [-0.05, 0) is 66.8 Å². The van der Waals surface area contributed by atoms with Gasteiger partial charge in [0, 0.05) is 5.57 Å². The van der Waals surface area contributed by atoms with Crippen LogP contribution in [0.2, 0.25) is 0 Å². The lowest BCUT2D eigenvalue weighted by atomic mass is 10.1. The lowest BCUT2D eigenvalue weighted by molar-refractivity contribution is 0.334. The van der Waals surface area contributed by atoms with E-state index >= 15 is 0 Å². The van der Waals surface area contributed by atoms with Crippen molar-refractivity contribution in [2.75, 3.05) is 6.61 Å². The maximum atomic E-state index is 9.70. The van der Waals surface area contributed by atoms with Gasteiger partial charge in [0.2, 0.25) is 0 Å². The Kier molecular flexibility index (Phi) is 3.09. The highest BCUT2D eigenvalue weighted by atomic mass is 16.3. The third-order valence-electron chi connectivity index (χ3n) is 4.20. The number of aliphatic hydroxyl groups is 1. The first-order valence-corrected chi connectivity index (χ1v) is 8.25. The molecule has 0 atom stereocenters. The summed E-state index contributed by atoms with van der Waals surface area (Å²) in [5, 5.41) is 9.70. The van der Waals surface area contributed by atoms with Crippen LogP contribution in [-0.4, -0.2) is 34.6 Å². The lowest BCUT2D eigenvalue weighted by Gasteiger charge is -1.98. The van der Waals surface area contributed by atoms with Crippen molar-refractivity contribution in [2.45, 2.75) is 0 Å². The first kappa shape index (κ1) is 13.8. The van der Waals surface area contributed by atoms with E-state index < -0.39 is 0 Å². The Morgan fingerprint density at radius 3 is 1.69 bits per heavy atom. The van der Waals surface area contributed by atoms with E-state index in [1.54, 1.807) is 12.2 Å². The van der Waals surface area contributed by atoms with Crippen LogP contribution in [0, 0.1) is 0 Å². The topological polar surface area (TPSA) is 69.7 Å². The van der Waals surface area contributed by atoms with Crippen LogP contribution in [-0.2, 0) is 0 Å². The molecule has 5 heteroatoms. The van der Waals surface area contributed by atoms with Crippen molar-refractivity contribution in [1.29, 1.82) is 0 Å². The number of hydrogen-bond donors (Lipinski definition) is 1. The molecule has 0 unspecified atom stereocenters. The molecule has 0 aromatic carbocycles. The zero-order chi connectivity index (χ0) is 18.4. The fourth-order valence-corrected chi connectivity index (χ4v) is 3.00. The normalized spacial score (nSPS) is 23.2. The van der Waals surface area contributed by atoms with Crippen LogP contribution in [0.1, 0.15) is 1.37 Å². The minimum Gasteiger partial charge on any atom is -0.392 e. The van der Waals surface area contributed by atoms with Crippen molar-refractivity contribution in [3.8, 4) is 0 Å². The van der Waals surface area contributed by atoms with E-state index in [0.717, 1.165) is 28.5 Å². The second-order valence-electron chi connectivity index (χ2n) is 6.11. The lowest BCUT2D eigenvalue weighted by Crippen LogP contribution is -1.93. The van der Waals surface area contributed by atoms with Gasteiger partial charge < -0.3 is 5.11 Å². The Labute approximate surface area is 151 Å². The van der Waals surface area contributed by atoms with Crippen molar-refractivity contribution in [1.82, 2.24) is 0 Å². The highest BCUT2D eigenvalue weighted by Crippen LogP contribution is 2.23. The Bertz CT molecular complexity index is 1140. The highest BCUT2D eigenvalue weighted by molar-refractivity contribution is 6.15. The van der Waals surface area contributed by atoms with Gasteiger partial charge in [-0.1, -0.05) is 0 Å².